The van der Waals surface area contributed by atoms with Gasteiger partial charge in [-0.05, 0) is 47.0 Å². The fraction of sp³-hybridized carbons (Fsp3) is 0.214. The topological polar surface area (TPSA) is 48.1 Å². The minimum Gasteiger partial charge on any atom is -0.483 e. The molecule has 2 aromatic rings. The Kier molecular flexibility index (Phi) is 4.23. The van der Waals surface area contributed by atoms with Gasteiger partial charge in [-0.2, -0.15) is 0 Å². The summed E-state index contributed by atoms with van der Waals surface area (Å²) in [5, 5.41) is 0. The van der Waals surface area contributed by atoms with Crippen LogP contribution in [-0.4, -0.2) is 4.98 Å². The van der Waals surface area contributed by atoms with Crippen LogP contribution in [0.2, 0.25) is 0 Å². The zero-order valence-electron chi connectivity index (χ0n) is 11.0. The van der Waals surface area contributed by atoms with Crippen molar-refractivity contribution in [3.05, 3.63) is 51.3 Å². The molecule has 20 heavy (non-hydrogen) atoms. The van der Waals surface area contributed by atoms with E-state index < -0.39 is 11.6 Å². The number of benzene rings is 1. The van der Waals surface area contributed by atoms with Gasteiger partial charge in [0, 0.05) is 18.0 Å². The molecule has 1 aromatic carbocycles. The predicted octanol–water partition coefficient (Wildman–Crippen LogP) is 3.90. The van der Waals surface area contributed by atoms with E-state index >= 15 is 0 Å². The Labute approximate surface area is 123 Å². The predicted molar refractivity (Wildman–Crippen MR) is 76.5 cm³/mol. The van der Waals surface area contributed by atoms with Crippen molar-refractivity contribution in [2.75, 3.05) is 5.73 Å². The van der Waals surface area contributed by atoms with Crippen molar-refractivity contribution in [1.29, 1.82) is 0 Å². The highest BCUT2D eigenvalue weighted by molar-refractivity contribution is 9.10. The highest BCUT2D eigenvalue weighted by atomic mass is 79.9. The maximum absolute atomic E-state index is 13.6. The van der Waals surface area contributed by atoms with Gasteiger partial charge in [-0.15, -0.1) is 0 Å². The summed E-state index contributed by atoms with van der Waals surface area (Å²) in [6.07, 6.45) is 1.64. The molecule has 3 nitrogen and oxygen atoms in total. The fourth-order valence-electron chi connectivity index (χ4n) is 1.75. The molecular weight excluding hydrogens is 330 g/mol. The van der Waals surface area contributed by atoms with Gasteiger partial charge in [-0.25, -0.2) is 8.78 Å². The molecular formula is C14H13BrF2N2O. The van der Waals surface area contributed by atoms with E-state index in [4.69, 9.17) is 10.5 Å². The summed E-state index contributed by atoms with van der Waals surface area (Å²) in [7, 11) is 0. The highest BCUT2D eigenvalue weighted by Gasteiger charge is 2.13. The first-order chi connectivity index (χ1) is 9.40. The van der Waals surface area contributed by atoms with Gasteiger partial charge in [-0.3, -0.25) is 4.98 Å². The molecule has 0 fully saturated rings. The average Bonchev–Trinajstić information content (AvgIpc) is 2.37. The van der Waals surface area contributed by atoms with Gasteiger partial charge >= 0.3 is 0 Å². The Hall–Kier alpha value is -1.69. The lowest BCUT2D eigenvalue weighted by atomic mass is 10.1. The molecule has 1 aromatic heterocycles. The standard InChI is InChI=1S/C14H13BrF2N2O/c1-7-5-19-12(8(2)13(7)18)6-20-14-10(15)3-9(16)4-11(14)17/h3-5H,6H2,1-2H3,(H2,18,19). The Morgan fingerprint density at radius 2 is 2.00 bits per heavy atom. The molecule has 0 saturated carbocycles. The van der Waals surface area contributed by atoms with E-state index in [1.807, 2.05) is 13.8 Å². The maximum atomic E-state index is 13.6. The second-order valence-electron chi connectivity index (χ2n) is 4.41. The van der Waals surface area contributed by atoms with Crippen LogP contribution in [0, 0.1) is 25.5 Å². The third-order valence-corrected chi connectivity index (χ3v) is 3.58. The van der Waals surface area contributed by atoms with Crippen LogP contribution in [0.1, 0.15) is 16.8 Å². The van der Waals surface area contributed by atoms with Crippen LogP contribution in [0.25, 0.3) is 0 Å². The molecule has 2 rings (SSSR count). The van der Waals surface area contributed by atoms with Gasteiger partial charge in [0.1, 0.15) is 12.4 Å². The molecule has 0 spiro atoms. The molecule has 0 aliphatic carbocycles. The number of pyridine rings is 1. The lowest BCUT2D eigenvalue weighted by molar-refractivity contribution is 0.282. The number of nitrogens with two attached hydrogens (primary N) is 1. The van der Waals surface area contributed by atoms with Crippen molar-refractivity contribution in [2.24, 2.45) is 0 Å². The number of aromatic nitrogens is 1. The van der Waals surface area contributed by atoms with Crippen LogP contribution >= 0.6 is 15.9 Å². The van der Waals surface area contributed by atoms with Gasteiger partial charge in [0.25, 0.3) is 0 Å². The largest absolute Gasteiger partial charge is 0.483 e. The molecule has 0 aliphatic heterocycles. The average molecular weight is 343 g/mol. The number of rotatable bonds is 3. The highest BCUT2D eigenvalue weighted by Crippen LogP contribution is 2.30. The molecule has 2 N–H and O–H groups in total. The third-order valence-electron chi connectivity index (χ3n) is 2.99. The van der Waals surface area contributed by atoms with Crippen molar-refractivity contribution < 1.29 is 13.5 Å². The first kappa shape index (κ1) is 14.7. The quantitative estimate of drug-likeness (QED) is 0.920. The van der Waals surface area contributed by atoms with Crippen LogP contribution < -0.4 is 10.5 Å². The normalized spacial score (nSPS) is 10.7. The van der Waals surface area contributed by atoms with Gasteiger partial charge in [0.15, 0.2) is 11.6 Å². The lowest BCUT2D eigenvalue weighted by Gasteiger charge is -2.12. The van der Waals surface area contributed by atoms with E-state index in [2.05, 4.69) is 20.9 Å². The number of aryl methyl sites for hydroxylation is 1. The number of halogens is 3. The van der Waals surface area contributed by atoms with Crippen molar-refractivity contribution in [2.45, 2.75) is 20.5 Å². The molecule has 0 radical (unpaired) electrons. The molecule has 0 amide bonds. The number of hydrogen-bond donors (Lipinski definition) is 1. The molecule has 0 unspecified atom stereocenters. The Morgan fingerprint density at radius 1 is 1.30 bits per heavy atom. The van der Waals surface area contributed by atoms with Crippen molar-refractivity contribution >= 4 is 21.6 Å². The van der Waals surface area contributed by atoms with Crippen LogP contribution in [-0.2, 0) is 6.61 Å². The van der Waals surface area contributed by atoms with Crippen LogP contribution in [0.5, 0.6) is 5.75 Å². The lowest BCUT2D eigenvalue weighted by Crippen LogP contribution is -2.06. The van der Waals surface area contributed by atoms with E-state index in [-0.39, 0.29) is 16.8 Å². The second kappa shape index (κ2) is 5.75. The summed E-state index contributed by atoms with van der Waals surface area (Å²) in [6, 6.07) is 1.91. The first-order valence-corrected chi connectivity index (χ1v) is 6.67. The summed E-state index contributed by atoms with van der Waals surface area (Å²) in [5.41, 5.74) is 8.82. The van der Waals surface area contributed by atoms with Crippen molar-refractivity contribution in [1.82, 2.24) is 4.98 Å². The van der Waals surface area contributed by atoms with Gasteiger partial charge in [0.2, 0.25) is 0 Å². The third kappa shape index (κ3) is 2.90. The second-order valence-corrected chi connectivity index (χ2v) is 5.27. The monoisotopic (exact) mass is 342 g/mol. The smallest absolute Gasteiger partial charge is 0.169 e. The number of nitrogen functional groups attached to an aromatic ring is 1. The zero-order chi connectivity index (χ0) is 14.9. The van der Waals surface area contributed by atoms with Gasteiger partial charge in [-0.1, -0.05) is 0 Å². The van der Waals surface area contributed by atoms with Crippen LogP contribution in [0.4, 0.5) is 14.5 Å². The minimum atomic E-state index is -0.769. The minimum absolute atomic E-state index is 0.0493. The summed E-state index contributed by atoms with van der Waals surface area (Å²) in [6.45, 7) is 3.73. The number of hydrogen-bond acceptors (Lipinski definition) is 3. The van der Waals surface area contributed by atoms with E-state index in [0.717, 1.165) is 23.3 Å². The summed E-state index contributed by atoms with van der Waals surface area (Å²) in [5.74, 6) is -1.49. The van der Waals surface area contributed by atoms with Crippen molar-refractivity contribution in [3.63, 3.8) is 0 Å². The first-order valence-electron chi connectivity index (χ1n) is 5.88. The van der Waals surface area contributed by atoms with Crippen molar-refractivity contribution in [3.8, 4) is 5.75 Å². The van der Waals surface area contributed by atoms with Gasteiger partial charge in [0.05, 0.1) is 10.2 Å². The molecule has 0 aliphatic rings. The van der Waals surface area contributed by atoms with E-state index in [1.165, 1.54) is 0 Å². The SMILES string of the molecule is Cc1cnc(COc2c(F)cc(F)cc2Br)c(C)c1N. The molecule has 0 bridgehead atoms. The maximum Gasteiger partial charge on any atom is 0.169 e. The Balaban J connectivity index is 2.24. The van der Waals surface area contributed by atoms with E-state index in [1.54, 1.807) is 6.20 Å². The number of nitrogens with zero attached hydrogens (tertiary/aromatic N) is 1. The fourth-order valence-corrected chi connectivity index (χ4v) is 2.27. The van der Waals surface area contributed by atoms with E-state index in [9.17, 15) is 8.78 Å². The number of anilines is 1. The molecule has 1 heterocycles. The molecule has 6 heteroatoms. The Morgan fingerprint density at radius 3 is 2.65 bits per heavy atom. The van der Waals surface area contributed by atoms with E-state index in [0.29, 0.717) is 11.4 Å². The molecule has 106 valence electrons. The molecule has 0 saturated heterocycles. The number of ether oxygens (including phenoxy) is 1. The summed E-state index contributed by atoms with van der Waals surface area (Å²) >= 11 is 3.07. The molecule has 0 atom stereocenters. The Bertz CT molecular complexity index is 639. The van der Waals surface area contributed by atoms with Crippen LogP contribution in [0.15, 0.2) is 22.8 Å². The van der Waals surface area contributed by atoms with Crippen LogP contribution in [0.3, 0.4) is 0 Å². The summed E-state index contributed by atoms with van der Waals surface area (Å²) in [4.78, 5) is 4.21. The summed E-state index contributed by atoms with van der Waals surface area (Å²) < 4.78 is 32.2. The zero-order valence-corrected chi connectivity index (χ0v) is 12.6. The van der Waals surface area contributed by atoms with Gasteiger partial charge < -0.3 is 10.5 Å².